The van der Waals surface area contributed by atoms with Crippen molar-refractivity contribution in [1.29, 1.82) is 0 Å². The van der Waals surface area contributed by atoms with Crippen molar-refractivity contribution in [3.05, 3.63) is 74.7 Å². The lowest BCUT2D eigenvalue weighted by atomic mass is 10.2. The van der Waals surface area contributed by atoms with Crippen molar-refractivity contribution in [2.45, 2.75) is 39.8 Å². The summed E-state index contributed by atoms with van der Waals surface area (Å²) in [5, 5.41) is 3.02. The number of amides is 1. The number of hydrogen-bond acceptors (Lipinski definition) is 3. The summed E-state index contributed by atoms with van der Waals surface area (Å²) in [6.45, 7) is 5.14. The normalized spacial score (nSPS) is 12.1. The summed E-state index contributed by atoms with van der Waals surface area (Å²) < 4.78 is 15.9. The van der Waals surface area contributed by atoms with Crippen LogP contribution < -0.4 is 16.6 Å². The number of nitrogens with zero attached hydrogens (tertiary/aromatic N) is 2. The Morgan fingerprint density at radius 2 is 1.89 bits per heavy atom. The molecule has 0 spiro atoms. The largest absolute Gasteiger partial charge is 0.332 e. The van der Waals surface area contributed by atoms with Crippen molar-refractivity contribution in [2.75, 3.05) is 5.32 Å². The first kappa shape index (κ1) is 19.5. The standard InChI is InChI=1S/C21H22FN3O3/c1-4-14(3)25-20(27)16-7-5-6-8-18(16)24(21(25)28)12-19(26)23-17-11-15(22)10-9-13(17)2/h5-11,14H,4,12H2,1-3H3,(H,23,26)/t14-/m1/s1. The van der Waals surface area contributed by atoms with Gasteiger partial charge < -0.3 is 5.32 Å². The van der Waals surface area contributed by atoms with Crippen molar-refractivity contribution in [2.24, 2.45) is 0 Å². The van der Waals surface area contributed by atoms with Gasteiger partial charge in [-0.05, 0) is 50.1 Å². The SMILES string of the molecule is CC[C@@H](C)n1c(=O)c2ccccc2n(CC(=O)Nc2cc(F)ccc2C)c1=O. The van der Waals surface area contributed by atoms with Crippen LogP contribution in [0.4, 0.5) is 10.1 Å². The number of carbonyl (C=O) groups is 1. The van der Waals surface area contributed by atoms with Crippen LogP contribution in [0, 0.1) is 12.7 Å². The third kappa shape index (κ3) is 3.60. The molecule has 7 heteroatoms. The molecule has 0 aliphatic rings. The first-order valence-corrected chi connectivity index (χ1v) is 9.13. The number of hydrogen-bond donors (Lipinski definition) is 1. The van der Waals surface area contributed by atoms with E-state index in [4.69, 9.17) is 0 Å². The van der Waals surface area contributed by atoms with E-state index in [0.29, 0.717) is 28.6 Å². The van der Waals surface area contributed by atoms with E-state index in [1.807, 2.05) is 6.92 Å². The molecule has 1 aromatic heterocycles. The Labute approximate surface area is 161 Å². The Bertz CT molecular complexity index is 1160. The maximum absolute atomic E-state index is 13.5. The van der Waals surface area contributed by atoms with Crippen LogP contribution in [0.3, 0.4) is 0 Å². The molecule has 146 valence electrons. The minimum atomic E-state index is -0.538. The van der Waals surface area contributed by atoms with Crippen LogP contribution in [0.15, 0.2) is 52.1 Å². The first-order chi connectivity index (χ1) is 13.3. The predicted molar refractivity (Wildman–Crippen MR) is 107 cm³/mol. The number of fused-ring (bicyclic) bond motifs is 1. The Kier molecular flexibility index (Phi) is 5.44. The molecule has 0 aliphatic heterocycles. The fraction of sp³-hybridized carbons (Fsp3) is 0.286. The Balaban J connectivity index is 2.07. The molecule has 3 rings (SSSR count). The van der Waals surface area contributed by atoms with E-state index in [1.54, 1.807) is 44.2 Å². The number of nitrogens with one attached hydrogen (secondary N) is 1. The minimum absolute atomic E-state index is 0.286. The molecule has 0 bridgehead atoms. The van der Waals surface area contributed by atoms with Gasteiger partial charge in [0, 0.05) is 11.7 Å². The third-order valence-corrected chi connectivity index (χ3v) is 4.89. The molecular weight excluding hydrogens is 361 g/mol. The van der Waals surface area contributed by atoms with E-state index < -0.39 is 17.4 Å². The van der Waals surface area contributed by atoms with Gasteiger partial charge in [-0.25, -0.2) is 9.18 Å². The first-order valence-electron chi connectivity index (χ1n) is 9.13. The lowest BCUT2D eigenvalue weighted by molar-refractivity contribution is -0.116. The van der Waals surface area contributed by atoms with E-state index in [2.05, 4.69) is 5.32 Å². The Hall–Kier alpha value is -3.22. The van der Waals surface area contributed by atoms with Crippen LogP contribution in [-0.4, -0.2) is 15.0 Å². The summed E-state index contributed by atoms with van der Waals surface area (Å²) >= 11 is 0. The number of benzene rings is 2. The highest BCUT2D eigenvalue weighted by Gasteiger charge is 2.18. The zero-order valence-electron chi connectivity index (χ0n) is 16.0. The van der Waals surface area contributed by atoms with Crippen LogP contribution in [0.1, 0.15) is 31.9 Å². The zero-order valence-corrected chi connectivity index (χ0v) is 16.0. The molecule has 1 atom stereocenters. The van der Waals surface area contributed by atoms with E-state index >= 15 is 0 Å². The van der Waals surface area contributed by atoms with Gasteiger partial charge in [0.2, 0.25) is 5.91 Å². The Morgan fingerprint density at radius 3 is 2.61 bits per heavy atom. The number of aryl methyl sites for hydroxylation is 1. The number of anilines is 1. The number of para-hydroxylation sites is 1. The highest BCUT2D eigenvalue weighted by Crippen LogP contribution is 2.16. The zero-order chi connectivity index (χ0) is 20.4. The van der Waals surface area contributed by atoms with Crippen molar-refractivity contribution in [3.63, 3.8) is 0 Å². The van der Waals surface area contributed by atoms with Crippen LogP contribution in [0.2, 0.25) is 0 Å². The van der Waals surface area contributed by atoms with Gasteiger partial charge in [0.15, 0.2) is 0 Å². The molecule has 0 fully saturated rings. The smallest absolute Gasteiger partial charge is 0.324 e. The molecule has 3 aromatic rings. The van der Waals surface area contributed by atoms with Crippen molar-refractivity contribution in [1.82, 2.24) is 9.13 Å². The molecule has 1 N–H and O–H groups in total. The highest BCUT2D eigenvalue weighted by molar-refractivity contribution is 5.92. The molecule has 0 saturated heterocycles. The predicted octanol–water partition coefficient (Wildman–Crippen LogP) is 3.22. The van der Waals surface area contributed by atoms with Crippen molar-refractivity contribution < 1.29 is 9.18 Å². The maximum Gasteiger partial charge on any atom is 0.332 e. The molecule has 0 saturated carbocycles. The molecule has 0 radical (unpaired) electrons. The van der Waals surface area contributed by atoms with Gasteiger partial charge in [0.25, 0.3) is 5.56 Å². The average molecular weight is 383 g/mol. The van der Waals surface area contributed by atoms with Gasteiger partial charge in [0.1, 0.15) is 12.4 Å². The molecule has 1 amide bonds. The van der Waals surface area contributed by atoms with Crippen LogP contribution in [0.5, 0.6) is 0 Å². The highest BCUT2D eigenvalue weighted by atomic mass is 19.1. The Morgan fingerprint density at radius 1 is 1.18 bits per heavy atom. The molecule has 6 nitrogen and oxygen atoms in total. The molecule has 0 aliphatic carbocycles. The number of aromatic nitrogens is 2. The molecule has 28 heavy (non-hydrogen) atoms. The molecule has 1 heterocycles. The second-order valence-electron chi connectivity index (χ2n) is 6.83. The fourth-order valence-corrected chi connectivity index (χ4v) is 3.13. The summed E-state index contributed by atoms with van der Waals surface area (Å²) in [5.41, 5.74) is 0.536. The van der Waals surface area contributed by atoms with E-state index in [9.17, 15) is 18.8 Å². The van der Waals surface area contributed by atoms with Gasteiger partial charge in [-0.15, -0.1) is 0 Å². The quantitative estimate of drug-likeness (QED) is 0.735. The maximum atomic E-state index is 13.5. The molecule has 0 unspecified atom stereocenters. The summed E-state index contributed by atoms with van der Waals surface area (Å²) in [6.07, 6.45) is 0.599. The second-order valence-corrected chi connectivity index (χ2v) is 6.83. The van der Waals surface area contributed by atoms with Crippen LogP contribution >= 0.6 is 0 Å². The topological polar surface area (TPSA) is 73.1 Å². The van der Waals surface area contributed by atoms with Gasteiger partial charge in [-0.3, -0.25) is 18.7 Å². The molecular formula is C21H22FN3O3. The minimum Gasteiger partial charge on any atom is -0.324 e. The van der Waals surface area contributed by atoms with E-state index in [-0.39, 0.29) is 18.1 Å². The molecule has 2 aromatic carbocycles. The van der Waals surface area contributed by atoms with Crippen LogP contribution in [-0.2, 0) is 11.3 Å². The van der Waals surface area contributed by atoms with Gasteiger partial charge in [0.05, 0.1) is 10.9 Å². The number of carbonyl (C=O) groups excluding carboxylic acids is 1. The summed E-state index contributed by atoms with van der Waals surface area (Å²) in [7, 11) is 0. The van der Waals surface area contributed by atoms with Gasteiger partial charge in [-0.1, -0.05) is 25.1 Å². The van der Waals surface area contributed by atoms with Gasteiger partial charge in [-0.2, -0.15) is 0 Å². The van der Waals surface area contributed by atoms with Crippen molar-refractivity contribution in [3.8, 4) is 0 Å². The van der Waals surface area contributed by atoms with E-state index in [1.165, 1.54) is 21.3 Å². The van der Waals surface area contributed by atoms with Gasteiger partial charge >= 0.3 is 5.69 Å². The van der Waals surface area contributed by atoms with Crippen molar-refractivity contribution >= 4 is 22.5 Å². The lowest BCUT2D eigenvalue weighted by Gasteiger charge is -2.17. The summed E-state index contributed by atoms with van der Waals surface area (Å²) in [5.74, 6) is -0.941. The number of rotatable bonds is 5. The monoisotopic (exact) mass is 383 g/mol. The van der Waals surface area contributed by atoms with Crippen LogP contribution in [0.25, 0.3) is 10.9 Å². The lowest BCUT2D eigenvalue weighted by Crippen LogP contribution is -2.43. The summed E-state index contributed by atoms with van der Waals surface area (Å²) in [4.78, 5) is 38.4. The van der Waals surface area contributed by atoms with E-state index in [0.717, 1.165) is 0 Å². The fourth-order valence-electron chi connectivity index (χ4n) is 3.13. The third-order valence-electron chi connectivity index (χ3n) is 4.89. The second kappa shape index (κ2) is 7.80. The summed E-state index contributed by atoms with van der Waals surface area (Å²) in [6, 6.07) is 10.5. The number of halogens is 1. The average Bonchev–Trinajstić information content (AvgIpc) is 2.68.